The summed E-state index contributed by atoms with van der Waals surface area (Å²) in [5, 5.41) is 3.95. The second-order valence-electron chi connectivity index (χ2n) is 4.70. The van der Waals surface area contributed by atoms with Crippen LogP contribution in [0.1, 0.15) is 12.5 Å². The van der Waals surface area contributed by atoms with E-state index in [2.05, 4.69) is 10.3 Å². The number of hydrogen-bond acceptors (Lipinski definition) is 4. The first-order valence-corrected chi connectivity index (χ1v) is 7.17. The summed E-state index contributed by atoms with van der Waals surface area (Å²) < 4.78 is 10.8. The highest BCUT2D eigenvalue weighted by Crippen LogP contribution is 2.24. The molecule has 0 aliphatic heterocycles. The van der Waals surface area contributed by atoms with E-state index < -0.39 is 0 Å². The van der Waals surface area contributed by atoms with E-state index in [0.29, 0.717) is 16.7 Å². The molecule has 1 aromatic heterocycles. The van der Waals surface area contributed by atoms with Gasteiger partial charge in [-0.15, -0.1) is 12.4 Å². The third kappa shape index (κ3) is 5.72. The molecule has 1 aromatic carbocycles. The molecule has 0 bridgehead atoms. The van der Waals surface area contributed by atoms with Gasteiger partial charge in [-0.3, -0.25) is 0 Å². The molecule has 22 heavy (non-hydrogen) atoms. The zero-order chi connectivity index (χ0) is 15.1. The first-order chi connectivity index (χ1) is 10.2. The van der Waals surface area contributed by atoms with Gasteiger partial charge in [0, 0.05) is 25.4 Å². The SMILES string of the molecule is COc1ccc(CNCC(C)Oc2ccccn2)cc1Cl.Cl. The van der Waals surface area contributed by atoms with Crippen LogP contribution in [0.2, 0.25) is 5.02 Å². The van der Waals surface area contributed by atoms with Gasteiger partial charge in [-0.25, -0.2) is 4.98 Å². The Labute approximate surface area is 142 Å². The first-order valence-electron chi connectivity index (χ1n) is 6.80. The van der Waals surface area contributed by atoms with Crippen molar-refractivity contribution >= 4 is 24.0 Å². The summed E-state index contributed by atoms with van der Waals surface area (Å²) in [7, 11) is 1.61. The average Bonchev–Trinajstić information content (AvgIpc) is 2.48. The van der Waals surface area contributed by atoms with Crippen molar-refractivity contribution in [3.8, 4) is 11.6 Å². The van der Waals surface area contributed by atoms with Crippen LogP contribution in [0.25, 0.3) is 0 Å². The molecule has 120 valence electrons. The number of benzene rings is 1. The fourth-order valence-corrected chi connectivity index (χ4v) is 2.18. The van der Waals surface area contributed by atoms with Crippen molar-refractivity contribution in [3.63, 3.8) is 0 Å². The zero-order valence-electron chi connectivity index (χ0n) is 12.6. The van der Waals surface area contributed by atoms with Crippen LogP contribution < -0.4 is 14.8 Å². The van der Waals surface area contributed by atoms with E-state index in [-0.39, 0.29) is 18.5 Å². The van der Waals surface area contributed by atoms with E-state index in [1.807, 2.05) is 43.3 Å². The molecule has 0 spiro atoms. The second-order valence-corrected chi connectivity index (χ2v) is 5.10. The fourth-order valence-electron chi connectivity index (χ4n) is 1.90. The standard InChI is InChI=1S/C16H19ClN2O2.ClH/c1-12(21-16-5-3-4-8-19-16)10-18-11-13-6-7-15(20-2)14(17)9-13;/h3-9,12,18H,10-11H2,1-2H3;1H. The Balaban J connectivity index is 0.00000242. The van der Waals surface area contributed by atoms with Crippen LogP contribution in [0.3, 0.4) is 0 Å². The highest BCUT2D eigenvalue weighted by molar-refractivity contribution is 6.32. The summed E-state index contributed by atoms with van der Waals surface area (Å²) in [6.45, 7) is 3.45. The molecule has 0 aliphatic rings. The quantitative estimate of drug-likeness (QED) is 0.832. The Kier molecular flexibility index (Phi) is 8.02. The van der Waals surface area contributed by atoms with Crippen molar-refractivity contribution in [2.24, 2.45) is 0 Å². The van der Waals surface area contributed by atoms with Crippen molar-refractivity contribution in [2.75, 3.05) is 13.7 Å². The molecule has 0 radical (unpaired) electrons. The van der Waals surface area contributed by atoms with E-state index in [4.69, 9.17) is 21.1 Å². The van der Waals surface area contributed by atoms with Gasteiger partial charge < -0.3 is 14.8 Å². The normalized spacial score (nSPS) is 11.4. The third-order valence-corrected chi connectivity index (χ3v) is 3.23. The number of nitrogens with zero attached hydrogens (tertiary/aromatic N) is 1. The van der Waals surface area contributed by atoms with Crippen LogP contribution in [0, 0.1) is 0 Å². The lowest BCUT2D eigenvalue weighted by Crippen LogP contribution is -2.28. The summed E-state index contributed by atoms with van der Waals surface area (Å²) in [6.07, 6.45) is 1.75. The highest BCUT2D eigenvalue weighted by atomic mass is 35.5. The summed E-state index contributed by atoms with van der Waals surface area (Å²) in [4.78, 5) is 4.13. The summed E-state index contributed by atoms with van der Waals surface area (Å²) in [5.74, 6) is 1.33. The number of aromatic nitrogens is 1. The van der Waals surface area contributed by atoms with Gasteiger partial charge in [-0.2, -0.15) is 0 Å². The maximum absolute atomic E-state index is 6.09. The largest absolute Gasteiger partial charge is 0.495 e. The van der Waals surface area contributed by atoms with Gasteiger partial charge in [-0.05, 0) is 30.7 Å². The lowest BCUT2D eigenvalue weighted by Gasteiger charge is -2.14. The Hall–Kier alpha value is -1.49. The van der Waals surface area contributed by atoms with Crippen molar-refractivity contribution in [2.45, 2.75) is 19.6 Å². The minimum absolute atomic E-state index is 0. The Morgan fingerprint density at radius 3 is 2.73 bits per heavy atom. The van der Waals surface area contributed by atoms with Gasteiger partial charge in [0.15, 0.2) is 0 Å². The van der Waals surface area contributed by atoms with Gasteiger partial charge in [0.1, 0.15) is 11.9 Å². The molecular weight excluding hydrogens is 323 g/mol. The van der Waals surface area contributed by atoms with E-state index in [0.717, 1.165) is 18.7 Å². The fraction of sp³-hybridized carbons (Fsp3) is 0.312. The van der Waals surface area contributed by atoms with Gasteiger partial charge in [-0.1, -0.05) is 23.7 Å². The molecule has 6 heteroatoms. The maximum Gasteiger partial charge on any atom is 0.213 e. The average molecular weight is 343 g/mol. The number of rotatable bonds is 7. The maximum atomic E-state index is 6.09. The Morgan fingerprint density at radius 1 is 1.27 bits per heavy atom. The predicted octanol–water partition coefficient (Wildman–Crippen LogP) is 3.72. The molecule has 0 saturated heterocycles. The monoisotopic (exact) mass is 342 g/mol. The second kappa shape index (κ2) is 9.51. The van der Waals surface area contributed by atoms with Crippen molar-refractivity contribution in [1.29, 1.82) is 0 Å². The lowest BCUT2D eigenvalue weighted by atomic mass is 10.2. The van der Waals surface area contributed by atoms with Gasteiger partial charge >= 0.3 is 0 Å². The molecule has 2 aromatic rings. The van der Waals surface area contributed by atoms with Crippen molar-refractivity contribution in [3.05, 3.63) is 53.2 Å². The molecule has 0 amide bonds. The molecule has 0 saturated carbocycles. The van der Waals surface area contributed by atoms with Crippen LogP contribution in [0.15, 0.2) is 42.6 Å². The molecule has 1 unspecified atom stereocenters. The summed E-state index contributed by atoms with van der Waals surface area (Å²) >= 11 is 6.09. The minimum Gasteiger partial charge on any atom is -0.495 e. The summed E-state index contributed by atoms with van der Waals surface area (Å²) in [5.41, 5.74) is 1.10. The lowest BCUT2D eigenvalue weighted by molar-refractivity contribution is 0.208. The number of methoxy groups -OCH3 is 1. The van der Waals surface area contributed by atoms with Crippen LogP contribution in [-0.4, -0.2) is 24.7 Å². The number of nitrogens with one attached hydrogen (secondary N) is 1. The van der Waals surface area contributed by atoms with Crippen LogP contribution in [-0.2, 0) is 6.54 Å². The number of pyridine rings is 1. The Bertz CT molecular complexity index is 567. The first kappa shape index (κ1) is 18.6. The molecule has 0 aliphatic carbocycles. The molecule has 4 nitrogen and oxygen atoms in total. The Morgan fingerprint density at radius 2 is 2.09 bits per heavy atom. The number of ether oxygens (including phenoxy) is 2. The third-order valence-electron chi connectivity index (χ3n) is 2.94. The van der Waals surface area contributed by atoms with E-state index in [1.54, 1.807) is 13.3 Å². The van der Waals surface area contributed by atoms with Gasteiger partial charge in [0.05, 0.1) is 12.1 Å². The van der Waals surface area contributed by atoms with E-state index in [9.17, 15) is 0 Å². The van der Waals surface area contributed by atoms with Crippen molar-refractivity contribution < 1.29 is 9.47 Å². The summed E-state index contributed by atoms with van der Waals surface area (Å²) in [6, 6.07) is 11.4. The molecule has 1 atom stereocenters. The van der Waals surface area contributed by atoms with Crippen LogP contribution >= 0.6 is 24.0 Å². The van der Waals surface area contributed by atoms with E-state index >= 15 is 0 Å². The zero-order valence-corrected chi connectivity index (χ0v) is 14.2. The predicted molar refractivity (Wildman–Crippen MR) is 91.3 cm³/mol. The molecule has 1 heterocycles. The highest BCUT2D eigenvalue weighted by Gasteiger charge is 2.05. The number of halogens is 2. The number of hydrogen-bond donors (Lipinski definition) is 1. The minimum atomic E-state index is 0. The molecule has 1 N–H and O–H groups in total. The van der Waals surface area contributed by atoms with Crippen LogP contribution in [0.5, 0.6) is 11.6 Å². The smallest absolute Gasteiger partial charge is 0.213 e. The van der Waals surface area contributed by atoms with Crippen LogP contribution in [0.4, 0.5) is 0 Å². The van der Waals surface area contributed by atoms with Crippen molar-refractivity contribution in [1.82, 2.24) is 10.3 Å². The van der Waals surface area contributed by atoms with Gasteiger partial charge in [0.2, 0.25) is 5.88 Å². The molecule has 0 fully saturated rings. The molecular formula is C16H20Cl2N2O2. The topological polar surface area (TPSA) is 43.4 Å². The van der Waals surface area contributed by atoms with E-state index in [1.165, 1.54) is 0 Å². The molecule has 2 rings (SSSR count). The van der Waals surface area contributed by atoms with Gasteiger partial charge in [0.25, 0.3) is 0 Å².